The van der Waals surface area contributed by atoms with Gasteiger partial charge in [-0.2, -0.15) is 0 Å². The van der Waals surface area contributed by atoms with E-state index in [1.165, 1.54) is 6.07 Å². The number of imidazole rings is 1. The van der Waals surface area contributed by atoms with Crippen LogP contribution in [-0.4, -0.2) is 9.55 Å². The van der Waals surface area contributed by atoms with Gasteiger partial charge in [0.2, 0.25) is 0 Å². The molecule has 0 N–H and O–H groups in total. The summed E-state index contributed by atoms with van der Waals surface area (Å²) in [5.74, 6) is 0.705. The Balaban J connectivity index is 2.35. The van der Waals surface area contributed by atoms with Gasteiger partial charge in [0.1, 0.15) is 11.6 Å². The summed E-state index contributed by atoms with van der Waals surface area (Å²) in [6.07, 6.45) is 0. The van der Waals surface area contributed by atoms with Crippen LogP contribution in [0.4, 0.5) is 4.39 Å². The molecule has 0 bridgehead atoms. The van der Waals surface area contributed by atoms with Crippen LogP contribution >= 0.6 is 50.1 Å². The maximum absolute atomic E-state index is 13.8. The lowest BCUT2D eigenvalue weighted by atomic mass is 10.2. The molecule has 0 amide bonds. The molecule has 1 aromatic heterocycles. The average Bonchev–Trinajstić information content (AvgIpc) is 2.77. The SMILES string of the molecule is Fc1cc2c(cc1I)nc(CCl)n2-c1cccc(Br)c1. The first-order chi connectivity index (χ1) is 9.60. The van der Waals surface area contributed by atoms with Crippen molar-refractivity contribution in [3.05, 3.63) is 56.1 Å². The molecule has 0 atom stereocenters. The molecule has 3 aromatic rings. The zero-order valence-corrected chi connectivity index (χ0v) is 14.6. The molecule has 3 rings (SSSR count). The minimum absolute atomic E-state index is 0.254. The van der Waals surface area contributed by atoms with Gasteiger partial charge in [-0.05, 0) is 46.9 Å². The Kier molecular flexibility index (Phi) is 4.01. The normalized spacial score (nSPS) is 11.2. The van der Waals surface area contributed by atoms with Crippen LogP contribution in [0.15, 0.2) is 40.9 Å². The van der Waals surface area contributed by atoms with E-state index in [9.17, 15) is 4.39 Å². The molecule has 6 heteroatoms. The number of alkyl halides is 1. The Morgan fingerprint density at radius 3 is 2.80 bits per heavy atom. The molecule has 20 heavy (non-hydrogen) atoms. The molecule has 2 nitrogen and oxygen atoms in total. The predicted octanol–water partition coefficient (Wildman–Crippen LogP) is 5.27. The van der Waals surface area contributed by atoms with Crippen LogP contribution in [0.5, 0.6) is 0 Å². The fourth-order valence-electron chi connectivity index (χ4n) is 2.12. The Morgan fingerprint density at radius 2 is 2.10 bits per heavy atom. The van der Waals surface area contributed by atoms with E-state index in [0.29, 0.717) is 9.39 Å². The number of fused-ring (bicyclic) bond motifs is 1. The fourth-order valence-corrected chi connectivity index (χ4v) is 3.13. The van der Waals surface area contributed by atoms with Gasteiger partial charge in [0.05, 0.1) is 20.5 Å². The zero-order valence-electron chi connectivity index (χ0n) is 10.1. The highest BCUT2D eigenvalue weighted by molar-refractivity contribution is 14.1. The third-order valence-corrected chi connectivity index (χ3v) is 4.51. The second-order valence-electron chi connectivity index (χ2n) is 4.23. The van der Waals surface area contributed by atoms with Gasteiger partial charge in [-0.1, -0.05) is 22.0 Å². The summed E-state index contributed by atoms with van der Waals surface area (Å²) in [7, 11) is 0. The fraction of sp³-hybridized carbons (Fsp3) is 0.0714. The lowest BCUT2D eigenvalue weighted by Crippen LogP contribution is -1.99. The number of halogens is 4. The Labute approximate surface area is 142 Å². The van der Waals surface area contributed by atoms with E-state index < -0.39 is 0 Å². The average molecular weight is 465 g/mol. The highest BCUT2D eigenvalue weighted by atomic mass is 127. The molecule has 1 heterocycles. The Bertz CT molecular complexity index is 803. The number of benzene rings is 2. The van der Waals surface area contributed by atoms with E-state index in [-0.39, 0.29) is 11.7 Å². The van der Waals surface area contributed by atoms with E-state index >= 15 is 0 Å². The minimum Gasteiger partial charge on any atom is -0.295 e. The van der Waals surface area contributed by atoms with Gasteiger partial charge in [0.25, 0.3) is 0 Å². The molecule has 2 aromatic carbocycles. The third kappa shape index (κ3) is 2.46. The van der Waals surface area contributed by atoms with Gasteiger partial charge >= 0.3 is 0 Å². The number of hydrogen-bond acceptors (Lipinski definition) is 1. The summed E-state index contributed by atoms with van der Waals surface area (Å²) < 4.78 is 17.2. The summed E-state index contributed by atoms with van der Waals surface area (Å²) in [6, 6.07) is 11.0. The summed E-state index contributed by atoms with van der Waals surface area (Å²) in [4.78, 5) is 4.48. The maximum atomic E-state index is 13.8. The van der Waals surface area contributed by atoms with Gasteiger partial charge in [-0.25, -0.2) is 9.37 Å². The van der Waals surface area contributed by atoms with Crippen LogP contribution in [0.1, 0.15) is 5.82 Å². The molecule has 0 aliphatic rings. The van der Waals surface area contributed by atoms with Crippen LogP contribution in [0.25, 0.3) is 16.7 Å². The molecule has 0 aliphatic heterocycles. The molecule has 0 unspecified atom stereocenters. The van der Waals surface area contributed by atoms with Crippen molar-refractivity contribution in [2.24, 2.45) is 0 Å². The van der Waals surface area contributed by atoms with E-state index in [4.69, 9.17) is 11.6 Å². The lowest BCUT2D eigenvalue weighted by Gasteiger charge is -2.08. The van der Waals surface area contributed by atoms with Crippen LogP contribution in [0.3, 0.4) is 0 Å². The van der Waals surface area contributed by atoms with E-state index in [1.54, 1.807) is 6.07 Å². The zero-order chi connectivity index (χ0) is 14.3. The Morgan fingerprint density at radius 1 is 1.30 bits per heavy atom. The molecule has 0 saturated heterocycles. The first-order valence-electron chi connectivity index (χ1n) is 5.78. The highest BCUT2D eigenvalue weighted by Crippen LogP contribution is 2.27. The summed E-state index contributed by atoms with van der Waals surface area (Å²) in [6.45, 7) is 0. The molecule has 0 spiro atoms. The van der Waals surface area contributed by atoms with Gasteiger partial charge < -0.3 is 0 Å². The molecule has 0 aliphatic carbocycles. The van der Waals surface area contributed by atoms with E-state index in [0.717, 1.165) is 21.2 Å². The lowest BCUT2D eigenvalue weighted by molar-refractivity contribution is 0.622. The largest absolute Gasteiger partial charge is 0.295 e. The second-order valence-corrected chi connectivity index (χ2v) is 6.58. The van der Waals surface area contributed by atoms with E-state index in [2.05, 4.69) is 20.9 Å². The summed E-state index contributed by atoms with van der Waals surface area (Å²) >= 11 is 11.4. The monoisotopic (exact) mass is 464 g/mol. The maximum Gasteiger partial charge on any atom is 0.138 e. The van der Waals surface area contributed by atoms with Crippen molar-refractivity contribution >= 4 is 61.2 Å². The van der Waals surface area contributed by atoms with Crippen molar-refractivity contribution in [1.82, 2.24) is 9.55 Å². The molecule has 0 radical (unpaired) electrons. The number of rotatable bonds is 2. The molecule has 102 valence electrons. The number of aromatic nitrogens is 2. The number of hydrogen-bond donors (Lipinski definition) is 0. The van der Waals surface area contributed by atoms with Crippen molar-refractivity contribution < 1.29 is 4.39 Å². The topological polar surface area (TPSA) is 17.8 Å². The van der Waals surface area contributed by atoms with Gasteiger partial charge in [-0.15, -0.1) is 11.6 Å². The van der Waals surface area contributed by atoms with Crippen molar-refractivity contribution in [2.45, 2.75) is 5.88 Å². The predicted molar refractivity (Wildman–Crippen MR) is 91.0 cm³/mol. The van der Waals surface area contributed by atoms with Crippen LogP contribution < -0.4 is 0 Å². The van der Waals surface area contributed by atoms with Crippen LogP contribution in [0, 0.1) is 9.39 Å². The molecule has 0 saturated carbocycles. The second kappa shape index (κ2) is 5.61. The van der Waals surface area contributed by atoms with Crippen LogP contribution in [-0.2, 0) is 5.88 Å². The molecular weight excluding hydrogens is 457 g/mol. The van der Waals surface area contributed by atoms with Crippen molar-refractivity contribution in [3.8, 4) is 5.69 Å². The van der Waals surface area contributed by atoms with Gasteiger partial charge in [-0.3, -0.25) is 4.57 Å². The van der Waals surface area contributed by atoms with Crippen molar-refractivity contribution in [1.29, 1.82) is 0 Å². The minimum atomic E-state index is -0.254. The highest BCUT2D eigenvalue weighted by Gasteiger charge is 2.14. The van der Waals surface area contributed by atoms with E-state index in [1.807, 2.05) is 51.4 Å². The first kappa shape index (κ1) is 14.3. The standard InChI is InChI=1S/C14H8BrClFIN2/c15-8-2-1-3-9(4-8)20-13-5-10(17)11(18)6-12(13)19-14(20)7-16/h1-6H,7H2. The summed E-state index contributed by atoms with van der Waals surface area (Å²) in [5.41, 5.74) is 2.36. The van der Waals surface area contributed by atoms with Gasteiger partial charge in [0, 0.05) is 16.2 Å². The quantitative estimate of drug-likeness (QED) is 0.373. The van der Waals surface area contributed by atoms with Crippen molar-refractivity contribution in [2.75, 3.05) is 0 Å². The molecular formula is C14H8BrClFIN2. The molecule has 0 fully saturated rings. The van der Waals surface area contributed by atoms with Crippen LogP contribution in [0.2, 0.25) is 0 Å². The summed E-state index contributed by atoms with van der Waals surface area (Å²) in [5, 5.41) is 0. The van der Waals surface area contributed by atoms with Crippen molar-refractivity contribution in [3.63, 3.8) is 0 Å². The Hall–Kier alpha value is -0.660. The smallest absolute Gasteiger partial charge is 0.138 e. The third-order valence-electron chi connectivity index (χ3n) is 2.95. The first-order valence-corrected chi connectivity index (χ1v) is 8.19. The number of nitrogens with zero attached hydrogens (tertiary/aromatic N) is 2. The van der Waals surface area contributed by atoms with Gasteiger partial charge in [0.15, 0.2) is 0 Å².